The molecule has 1 unspecified atom stereocenters. The third-order valence-electron chi connectivity index (χ3n) is 6.06. The van der Waals surface area contributed by atoms with Crippen LogP contribution in [0.2, 0.25) is 0 Å². The van der Waals surface area contributed by atoms with E-state index in [0.717, 1.165) is 62.3 Å². The van der Waals surface area contributed by atoms with Crippen LogP contribution in [0.3, 0.4) is 0 Å². The predicted molar refractivity (Wildman–Crippen MR) is 113 cm³/mol. The average Bonchev–Trinajstić information content (AvgIpc) is 3.22. The van der Waals surface area contributed by atoms with Crippen molar-refractivity contribution in [2.24, 2.45) is 5.92 Å². The van der Waals surface area contributed by atoms with Crippen LogP contribution in [-0.4, -0.2) is 51.6 Å². The summed E-state index contributed by atoms with van der Waals surface area (Å²) in [5, 5.41) is 0. The molecule has 1 saturated heterocycles. The summed E-state index contributed by atoms with van der Waals surface area (Å²) < 4.78 is 72.3. The van der Waals surface area contributed by atoms with Crippen molar-refractivity contribution in [2.45, 2.75) is 43.4 Å². The minimum absolute atomic E-state index is 0. The summed E-state index contributed by atoms with van der Waals surface area (Å²) in [5.74, 6) is -0.533. The third kappa shape index (κ3) is 6.03. The van der Waals surface area contributed by atoms with Crippen LogP contribution in [0.15, 0.2) is 58.2 Å². The van der Waals surface area contributed by atoms with E-state index in [0.29, 0.717) is 12.3 Å². The van der Waals surface area contributed by atoms with Crippen LogP contribution in [-0.2, 0) is 15.8 Å². The monoisotopic (exact) mass is 505 g/mol. The van der Waals surface area contributed by atoms with Crippen LogP contribution in [0.25, 0.3) is 0 Å². The first-order valence-corrected chi connectivity index (χ1v) is 11.7. The third-order valence-corrected chi connectivity index (χ3v) is 6.69. The molecule has 1 fully saturated rings. The van der Waals surface area contributed by atoms with Crippen LogP contribution in [0.1, 0.15) is 36.5 Å². The number of rotatable bonds is 5. The smallest absolute Gasteiger partial charge is 0.768 e. The Labute approximate surface area is 220 Å². The summed E-state index contributed by atoms with van der Waals surface area (Å²) >= 11 is -2.65. The fourth-order valence-electron chi connectivity index (χ4n) is 4.15. The second kappa shape index (κ2) is 11.1. The van der Waals surface area contributed by atoms with Gasteiger partial charge in [-0.05, 0) is 78.1 Å². The summed E-state index contributed by atoms with van der Waals surface area (Å²) in [6.07, 6.45) is 1.61. The molecule has 1 amide bonds. The first-order chi connectivity index (χ1) is 15.6. The topological polar surface area (TPSA) is 78.9 Å². The molecule has 0 spiro atoms. The summed E-state index contributed by atoms with van der Waals surface area (Å²) in [4.78, 5) is 14.4. The zero-order valence-electron chi connectivity index (χ0n) is 18.9. The summed E-state index contributed by atoms with van der Waals surface area (Å²) in [6, 6.07) is 3.23. The van der Waals surface area contributed by atoms with Gasteiger partial charge in [0, 0.05) is 24.3 Å². The van der Waals surface area contributed by atoms with Gasteiger partial charge in [-0.15, -0.1) is 0 Å². The van der Waals surface area contributed by atoms with Gasteiger partial charge in [-0.25, -0.2) is 0 Å². The number of halogens is 3. The Morgan fingerprint density at radius 1 is 1.26 bits per heavy atom. The van der Waals surface area contributed by atoms with Crippen LogP contribution < -0.4 is 34.3 Å². The van der Waals surface area contributed by atoms with E-state index in [1.807, 2.05) is 0 Å². The van der Waals surface area contributed by atoms with E-state index in [9.17, 15) is 26.7 Å². The second-order valence-corrected chi connectivity index (χ2v) is 9.19. The quantitative estimate of drug-likeness (QED) is 0.445. The van der Waals surface area contributed by atoms with Crippen molar-refractivity contribution in [3.8, 4) is 5.75 Å². The molecule has 0 bridgehead atoms. The van der Waals surface area contributed by atoms with E-state index >= 15 is 0 Å². The molecule has 178 valence electrons. The van der Waals surface area contributed by atoms with Crippen LogP contribution in [0.5, 0.6) is 5.75 Å². The van der Waals surface area contributed by atoms with E-state index in [1.54, 1.807) is 6.20 Å². The Bertz CT molecular complexity index is 1060. The van der Waals surface area contributed by atoms with Gasteiger partial charge in [0.05, 0.1) is 12.1 Å². The summed E-state index contributed by atoms with van der Waals surface area (Å²) in [6.45, 7) is 2.52. The molecule has 4 rings (SSSR count). The molecule has 2 heterocycles. The van der Waals surface area contributed by atoms with Crippen molar-refractivity contribution in [2.75, 3.05) is 19.8 Å². The molecule has 1 aromatic rings. The molecule has 1 aliphatic carbocycles. The minimum atomic E-state index is -4.64. The van der Waals surface area contributed by atoms with Crippen molar-refractivity contribution in [3.63, 3.8) is 0 Å². The molecule has 6 nitrogen and oxygen atoms in total. The molecule has 1 aromatic carbocycles. The van der Waals surface area contributed by atoms with Gasteiger partial charge >= 0.3 is 35.7 Å². The SMILES string of the molecule is C[C@H](Oc1ccc(S(=O)[O-])cc1C(=O)N1C=C2CC=C(C3CCOCC3)C=C2C1)C(F)(F)F.[Na+]. The maximum absolute atomic E-state index is 13.3. The second-order valence-electron chi connectivity index (χ2n) is 8.25. The molecule has 0 radical (unpaired) electrons. The number of alkyl halides is 3. The normalized spacial score (nSPS) is 20.4. The number of hydrogen-bond donors (Lipinski definition) is 0. The van der Waals surface area contributed by atoms with Gasteiger partial charge in [0.25, 0.3) is 5.91 Å². The number of carbonyl (C=O) groups excluding carboxylic acids is 1. The number of amides is 1. The zero-order valence-corrected chi connectivity index (χ0v) is 21.7. The number of benzene rings is 1. The van der Waals surface area contributed by atoms with E-state index in [4.69, 9.17) is 9.47 Å². The number of allylic oxidation sites excluding steroid dienone is 3. The van der Waals surface area contributed by atoms with Gasteiger partial charge in [-0.2, -0.15) is 13.2 Å². The number of hydrogen-bond acceptors (Lipinski definition) is 5. The molecule has 0 saturated carbocycles. The van der Waals surface area contributed by atoms with Gasteiger partial charge in [-0.1, -0.05) is 12.2 Å². The van der Waals surface area contributed by atoms with Gasteiger partial charge in [0.1, 0.15) is 5.75 Å². The van der Waals surface area contributed by atoms with Crippen LogP contribution >= 0.6 is 0 Å². The van der Waals surface area contributed by atoms with E-state index in [2.05, 4.69) is 12.2 Å². The van der Waals surface area contributed by atoms with Gasteiger partial charge in [0.15, 0.2) is 6.10 Å². The van der Waals surface area contributed by atoms with Gasteiger partial charge in [0.2, 0.25) is 0 Å². The van der Waals surface area contributed by atoms with E-state index in [-0.39, 0.29) is 52.3 Å². The largest absolute Gasteiger partial charge is 1.00 e. The Hall–Kier alpha value is -1.43. The van der Waals surface area contributed by atoms with E-state index in [1.165, 1.54) is 10.5 Å². The molecular formula is C23H23F3NNaO5S. The van der Waals surface area contributed by atoms with Crippen molar-refractivity contribution >= 4 is 17.0 Å². The van der Waals surface area contributed by atoms with Crippen molar-refractivity contribution in [1.82, 2.24) is 4.90 Å². The molecule has 3 aliphatic rings. The predicted octanol–water partition coefficient (Wildman–Crippen LogP) is 1.28. The maximum Gasteiger partial charge on any atom is 1.00 e. The number of nitrogens with zero attached hydrogens (tertiary/aromatic N) is 1. The van der Waals surface area contributed by atoms with Crippen molar-refractivity contribution in [3.05, 3.63) is 58.8 Å². The maximum atomic E-state index is 13.3. The van der Waals surface area contributed by atoms with Crippen molar-refractivity contribution < 1.29 is 65.8 Å². The molecule has 0 N–H and O–H groups in total. The zero-order chi connectivity index (χ0) is 23.8. The minimum Gasteiger partial charge on any atom is -0.768 e. The van der Waals surface area contributed by atoms with Gasteiger partial charge in [-0.3, -0.25) is 9.00 Å². The number of fused-ring (bicyclic) bond motifs is 1. The molecule has 34 heavy (non-hydrogen) atoms. The molecule has 0 aromatic heterocycles. The number of ether oxygens (including phenoxy) is 2. The Balaban J connectivity index is 0.00000324. The molecule has 11 heteroatoms. The van der Waals surface area contributed by atoms with Crippen LogP contribution in [0.4, 0.5) is 13.2 Å². The fraction of sp³-hybridized carbons (Fsp3) is 0.435. The van der Waals surface area contributed by atoms with Crippen molar-refractivity contribution in [1.29, 1.82) is 0 Å². The molecule has 2 atom stereocenters. The Kier molecular flexibility index (Phi) is 8.86. The Morgan fingerprint density at radius 2 is 1.97 bits per heavy atom. The van der Waals surface area contributed by atoms with E-state index < -0.39 is 29.3 Å². The molecular weight excluding hydrogens is 482 g/mol. The summed E-state index contributed by atoms with van der Waals surface area (Å²) in [5.41, 5.74) is 2.91. The first kappa shape index (κ1) is 27.2. The van der Waals surface area contributed by atoms with Crippen LogP contribution in [0, 0.1) is 5.92 Å². The standard InChI is InChI=1S/C23H24F3NO5S.Na/c1-14(23(24,25)26)32-21-5-4-19(33(29)30)11-20(21)22(28)27-12-17-3-2-16(10-18(17)13-27)15-6-8-31-9-7-15;/h2,4-5,10-12,14-15H,3,6-9,13H2,1H3,(H,29,30);/q;+1/p-1/t14-;/m0./s1. The number of carbonyl (C=O) groups is 1. The molecule has 2 aliphatic heterocycles. The summed E-state index contributed by atoms with van der Waals surface area (Å²) in [7, 11) is 0. The fourth-order valence-corrected chi connectivity index (χ4v) is 4.55. The van der Waals surface area contributed by atoms with Gasteiger partial charge < -0.3 is 18.9 Å². The Morgan fingerprint density at radius 3 is 2.62 bits per heavy atom. The average molecular weight is 505 g/mol. The first-order valence-electron chi connectivity index (χ1n) is 10.6.